The van der Waals surface area contributed by atoms with Gasteiger partial charge in [-0.2, -0.15) is 0 Å². The van der Waals surface area contributed by atoms with Gasteiger partial charge >= 0.3 is 5.97 Å². The van der Waals surface area contributed by atoms with Gasteiger partial charge in [-0.3, -0.25) is 4.79 Å². The topological polar surface area (TPSA) is 97.0 Å². The van der Waals surface area contributed by atoms with Gasteiger partial charge in [0, 0.05) is 17.5 Å². The number of hydrogen-bond donors (Lipinski definition) is 2. The number of pyridine rings is 1. The highest BCUT2D eigenvalue weighted by atomic mass is 16.5. The van der Waals surface area contributed by atoms with Crippen LogP contribution >= 0.6 is 0 Å². The Morgan fingerprint density at radius 1 is 1.07 bits per heavy atom. The van der Waals surface area contributed by atoms with Crippen molar-refractivity contribution < 1.29 is 14.3 Å². The number of ether oxygens (including phenoxy) is 1. The van der Waals surface area contributed by atoms with Gasteiger partial charge in [0.2, 0.25) is 0 Å². The molecule has 0 bridgehead atoms. The first-order chi connectivity index (χ1) is 13.3. The van der Waals surface area contributed by atoms with Crippen LogP contribution in [-0.4, -0.2) is 32.9 Å². The first-order valence-corrected chi connectivity index (χ1v) is 8.91. The van der Waals surface area contributed by atoms with Crippen LogP contribution in [0.25, 0.3) is 11.4 Å². The Morgan fingerprint density at radius 2 is 1.79 bits per heavy atom. The van der Waals surface area contributed by atoms with Crippen LogP contribution < -0.4 is 5.32 Å². The Balaban J connectivity index is 1.61. The predicted molar refractivity (Wildman–Crippen MR) is 106 cm³/mol. The summed E-state index contributed by atoms with van der Waals surface area (Å²) in [5, 5.41) is 2.62. The SMILES string of the molecule is Cc1ccc(NC(=O)C(C)OC(=O)c2ccc(-c3nc(C)c(C)[nH]3)cc2)nc1. The number of H-pyrrole nitrogens is 1. The van der Waals surface area contributed by atoms with Crippen LogP contribution in [-0.2, 0) is 9.53 Å². The number of carbonyl (C=O) groups is 2. The standard InChI is InChI=1S/C21H22N4O3/c1-12-5-10-18(22-11-12)25-20(26)15(4)28-21(27)17-8-6-16(7-9-17)19-23-13(2)14(3)24-19/h5-11,15H,1-4H3,(H,23,24)(H,22,25,26). The van der Waals surface area contributed by atoms with Crippen molar-refractivity contribution in [3.05, 3.63) is 65.1 Å². The second-order valence-electron chi connectivity index (χ2n) is 6.63. The molecule has 3 aromatic rings. The fourth-order valence-electron chi connectivity index (χ4n) is 2.50. The summed E-state index contributed by atoms with van der Waals surface area (Å²) >= 11 is 0. The Bertz CT molecular complexity index is 972. The number of aromatic nitrogens is 3. The Morgan fingerprint density at radius 3 is 2.36 bits per heavy atom. The molecule has 0 spiro atoms. The average Bonchev–Trinajstić information content (AvgIpc) is 3.02. The molecule has 2 heterocycles. The van der Waals surface area contributed by atoms with E-state index < -0.39 is 18.0 Å². The first-order valence-electron chi connectivity index (χ1n) is 8.91. The molecule has 0 aliphatic rings. The minimum absolute atomic E-state index is 0.358. The van der Waals surface area contributed by atoms with Gasteiger partial charge in [0.25, 0.3) is 5.91 Å². The summed E-state index contributed by atoms with van der Waals surface area (Å²) in [5.74, 6) is 0.140. The highest BCUT2D eigenvalue weighted by Crippen LogP contribution is 2.19. The van der Waals surface area contributed by atoms with E-state index in [1.165, 1.54) is 6.92 Å². The molecule has 7 nitrogen and oxygen atoms in total. The Kier molecular flexibility index (Phi) is 5.54. The molecule has 0 aliphatic heterocycles. The van der Waals surface area contributed by atoms with Crippen molar-refractivity contribution >= 4 is 17.7 Å². The van der Waals surface area contributed by atoms with Gasteiger partial charge in [-0.25, -0.2) is 14.8 Å². The predicted octanol–water partition coefficient (Wildman–Crippen LogP) is 3.58. The van der Waals surface area contributed by atoms with E-state index in [2.05, 4.69) is 20.3 Å². The number of aromatic amines is 1. The fraction of sp³-hybridized carbons (Fsp3) is 0.238. The maximum absolute atomic E-state index is 12.3. The van der Waals surface area contributed by atoms with Crippen molar-refractivity contribution in [2.75, 3.05) is 5.32 Å². The van der Waals surface area contributed by atoms with Gasteiger partial charge in [0.1, 0.15) is 11.6 Å². The molecule has 0 radical (unpaired) electrons. The molecule has 144 valence electrons. The molecular formula is C21H22N4O3. The Hall–Kier alpha value is -3.48. The molecule has 1 unspecified atom stereocenters. The number of rotatable bonds is 5. The molecule has 1 aromatic carbocycles. The quantitative estimate of drug-likeness (QED) is 0.662. The van der Waals surface area contributed by atoms with Gasteiger partial charge < -0.3 is 15.0 Å². The van der Waals surface area contributed by atoms with Crippen LogP contribution in [0.2, 0.25) is 0 Å². The monoisotopic (exact) mass is 378 g/mol. The molecular weight excluding hydrogens is 356 g/mol. The summed E-state index contributed by atoms with van der Waals surface area (Å²) in [7, 11) is 0. The van der Waals surface area contributed by atoms with Gasteiger partial charge in [0.15, 0.2) is 6.10 Å². The summed E-state index contributed by atoms with van der Waals surface area (Å²) in [6.45, 7) is 7.31. The highest BCUT2D eigenvalue weighted by Gasteiger charge is 2.19. The van der Waals surface area contributed by atoms with Crippen molar-refractivity contribution in [3.8, 4) is 11.4 Å². The summed E-state index contributed by atoms with van der Waals surface area (Å²) in [6.07, 6.45) is 0.696. The molecule has 28 heavy (non-hydrogen) atoms. The lowest BCUT2D eigenvalue weighted by Gasteiger charge is -2.13. The van der Waals surface area contributed by atoms with Gasteiger partial charge in [-0.1, -0.05) is 18.2 Å². The number of amides is 1. The zero-order valence-electron chi connectivity index (χ0n) is 16.2. The average molecular weight is 378 g/mol. The lowest BCUT2D eigenvalue weighted by atomic mass is 10.1. The summed E-state index contributed by atoms with van der Waals surface area (Å²) in [6, 6.07) is 10.4. The lowest BCUT2D eigenvalue weighted by Crippen LogP contribution is -2.30. The van der Waals surface area contributed by atoms with Gasteiger partial charge in [-0.05, 0) is 51.5 Å². The van der Waals surface area contributed by atoms with Crippen molar-refractivity contribution in [2.24, 2.45) is 0 Å². The van der Waals surface area contributed by atoms with Gasteiger partial charge in [-0.15, -0.1) is 0 Å². The third kappa shape index (κ3) is 4.43. The Labute approximate surface area is 163 Å². The van der Waals surface area contributed by atoms with Crippen molar-refractivity contribution in [1.29, 1.82) is 0 Å². The molecule has 0 saturated heterocycles. The van der Waals surface area contributed by atoms with Crippen molar-refractivity contribution in [2.45, 2.75) is 33.8 Å². The van der Waals surface area contributed by atoms with Gasteiger partial charge in [0.05, 0.1) is 11.3 Å². The zero-order chi connectivity index (χ0) is 20.3. The van der Waals surface area contributed by atoms with E-state index >= 15 is 0 Å². The normalized spacial score (nSPS) is 11.7. The zero-order valence-corrected chi connectivity index (χ0v) is 16.2. The number of nitrogens with zero attached hydrogens (tertiary/aromatic N) is 2. The molecule has 2 aromatic heterocycles. The van der Waals surface area contributed by atoms with Crippen molar-refractivity contribution in [1.82, 2.24) is 15.0 Å². The maximum Gasteiger partial charge on any atom is 0.338 e. The van der Waals surface area contributed by atoms with Crippen LogP contribution in [0.4, 0.5) is 5.82 Å². The minimum atomic E-state index is -0.953. The second-order valence-corrected chi connectivity index (χ2v) is 6.63. The van der Waals surface area contributed by atoms with Crippen LogP contribution in [0.1, 0.15) is 34.2 Å². The number of hydrogen-bond acceptors (Lipinski definition) is 5. The number of anilines is 1. The maximum atomic E-state index is 12.3. The van der Waals surface area contributed by atoms with E-state index in [0.717, 1.165) is 28.3 Å². The van der Waals surface area contributed by atoms with E-state index in [1.807, 2.05) is 26.8 Å². The van der Waals surface area contributed by atoms with Crippen LogP contribution in [0.5, 0.6) is 0 Å². The number of carbonyl (C=O) groups excluding carboxylic acids is 2. The van der Waals surface area contributed by atoms with Crippen LogP contribution in [0, 0.1) is 20.8 Å². The summed E-state index contributed by atoms with van der Waals surface area (Å²) in [5.41, 5.74) is 4.14. The van der Waals surface area contributed by atoms with Crippen LogP contribution in [0.15, 0.2) is 42.6 Å². The third-order valence-electron chi connectivity index (χ3n) is 4.34. The van der Waals surface area contributed by atoms with E-state index in [9.17, 15) is 9.59 Å². The molecule has 0 fully saturated rings. The minimum Gasteiger partial charge on any atom is -0.449 e. The molecule has 1 amide bonds. The molecule has 0 aliphatic carbocycles. The molecule has 7 heteroatoms. The summed E-state index contributed by atoms with van der Waals surface area (Å²) < 4.78 is 5.26. The molecule has 2 N–H and O–H groups in total. The van der Waals surface area contributed by atoms with Crippen LogP contribution in [0.3, 0.4) is 0 Å². The third-order valence-corrected chi connectivity index (χ3v) is 4.34. The fourth-order valence-corrected chi connectivity index (χ4v) is 2.50. The number of benzene rings is 1. The number of aryl methyl sites for hydroxylation is 3. The number of nitrogens with one attached hydrogen (secondary N) is 2. The first kappa shape index (κ1) is 19.3. The highest BCUT2D eigenvalue weighted by molar-refractivity contribution is 5.97. The number of esters is 1. The summed E-state index contributed by atoms with van der Waals surface area (Å²) in [4.78, 5) is 36.3. The van der Waals surface area contributed by atoms with Crippen molar-refractivity contribution in [3.63, 3.8) is 0 Å². The molecule has 1 atom stereocenters. The van der Waals surface area contributed by atoms with E-state index in [-0.39, 0.29) is 0 Å². The van der Waals surface area contributed by atoms with E-state index in [4.69, 9.17) is 4.74 Å². The van der Waals surface area contributed by atoms with E-state index in [1.54, 1.807) is 36.5 Å². The second kappa shape index (κ2) is 8.04. The molecule has 0 saturated carbocycles. The smallest absolute Gasteiger partial charge is 0.338 e. The van der Waals surface area contributed by atoms with E-state index in [0.29, 0.717) is 11.4 Å². The largest absolute Gasteiger partial charge is 0.449 e. The lowest BCUT2D eigenvalue weighted by molar-refractivity contribution is -0.123. The molecule has 3 rings (SSSR count). The number of imidazole rings is 1.